The van der Waals surface area contributed by atoms with Gasteiger partial charge in [-0.25, -0.2) is 10.1 Å². The molecule has 0 fully saturated rings. The van der Waals surface area contributed by atoms with Crippen LogP contribution in [0.5, 0.6) is 17.2 Å². The summed E-state index contributed by atoms with van der Waals surface area (Å²) < 4.78 is 16.9. The Morgan fingerprint density at radius 1 is 1.12 bits per heavy atom. The number of fused-ring (bicyclic) bond motifs is 1. The number of hydrogen-bond acceptors (Lipinski definition) is 8. The van der Waals surface area contributed by atoms with Crippen molar-refractivity contribution in [3.63, 3.8) is 0 Å². The first-order valence-electron chi connectivity index (χ1n) is 9.67. The van der Waals surface area contributed by atoms with Crippen molar-refractivity contribution < 1.29 is 23.8 Å². The maximum Gasteiger partial charge on any atom is 0.308 e. The van der Waals surface area contributed by atoms with E-state index in [1.807, 2.05) is 0 Å². The van der Waals surface area contributed by atoms with Crippen LogP contribution in [-0.2, 0) is 11.3 Å². The fraction of sp³-hybridized carbons (Fsp3) is 0.227. The van der Waals surface area contributed by atoms with Crippen molar-refractivity contribution in [1.29, 1.82) is 0 Å². The summed E-state index contributed by atoms with van der Waals surface area (Å²) in [7, 11) is 2.84. The van der Waals surface area contributed by atoms with E-state index < -0.39 is 11.9 Å². The third-order valence-corrected chi connectivity index (χ3v) is 4.49. The normalized spacial score (nSPS) is 10.9. The molecule has 32 heavy (non-hydrogen) atoms. The fourth-order valence-electron chi connectivity index (χ4n) is 3.05. The van der Waals surface area contributed by atoms with Gasteiger partial charge in [0.15, 0.2) is 17.2 Å². The van der Waals surface area contributed by atoms with Gasteiger partial charge in [-0.15, -0.1) is 0 Å². The van der Waals surface area contributed by atoms with Gasteiger partial charge in [0, 0.05) is 24.4 Å². The van der Waals surface area contributed by atoms with Crippen molar-refractivity contribution in [2.75, 3.05) is 14.2 Å². The Morgan fingerprint density at radius 3 is 2.31 bits per heavy atom. The molecule has 0 aliphatic carbocycles. The van der Waals surface area contributed by atoms with E-state index >= 15 is 0 Å². The largest absolute Gasteiger partial charge is 0.493 e. The summed E-state index contributed by atoms with van der Waals surface area (Å²) in [5.74, 6) is -0.440. The molecule has 166 valence electrons. The van der Waals surface area contributed by atoms with E-state index in [1.165, 1.54) is 32.0 Å². The van der Waals surface area contributed by atoms with E-state index in [0.29, 0.717) is 22.9 Å². The molecule has 10 nitrogen and oxygen atoms in total. The van der Waals surface area contributed by atoms with Crippen molar-refractivity contribution in [1.82, 2.24) is 15.2 Å². The number of hydrogen-bond donors (Lipinski definition) is 1. The molecule has 10 heteroatoms. The van der Waals surface area contributed by atoms with Crippen molar-refractivity contribution in [3.8, 4) is 17.2 Å². The Morgan fingerprint density at radius 2 is 1.75 bits per heavy atom. The molecule has 3 aromatic rings. The van der Waals surface area contributed by atoms with Crippen molar-refractivity contribution in [2.45, 2.75) is 20.4 Å². The predicted molar refractivity (Wildman–Crippen MR) is 118 cm³/mol. The molecule has 0 radical (unpaired) electrons. The number of esters is 1. The zero-order chi connectivity index (χ0) is 23.3. The molecule has 1 aromatic heterocycles. The van der Waals surface area contributed by atoms with Crippen LogP contribution in [0.25, 0.3) is 10.8 Å². The van der Waals surface area contributed by atoms with E-state index in [9.17, 15) is 14.4 Å². The van der Waals surface area contributed by atoms with Crippen LogP contribution in [0.1, 0.15) is 29.9 Å². The SMILES string of the molecule is CCn1nc(C(=O)N/N=C/c2cc(OC)c(OC(C)=O)c(OC)c2)c2ccccc2c1=O. The number of carbonyl (C=O) groups excluding carboxylic acids is 2. The van der Waals surface area contributed by atoms with Crippen LogP contribution in [0.3, 0.4) is 0 Å². The molecule has 0 spiro atoms. The monoisotopic (exact) mass is 438 g/mol. The minimum atomic E-state index is -0.574. The Kier molecular flexibility index (Phi) is 6.83. The average molecular weight is 438 g/mol. The van der Waals surface area contributed by atoms with Gasteiger partial charge in [0.05, 0.1) is 25.8 Å². The molecular weight excluding hydrogens is 416 g/mol. The number of aromatic nitrogens is 2. The second-order valence-electron chi connectivity index (χ2n) is 6.56. The lowest BCUT2D eigenvalue weighted by Gasteiger charge is -2.13. The lowest BCUT2D eigenvalue weighted by atomic mass is 10.1. The smallest absolute Gasteiger partial charge is 0.308 e. The summed E-state index contributed by atoms with van der Waals surface area (Å²) in [6.45, 7) is 3.36. The molecule has 1 heterocycles. The van der Waals surface area contributed by atoms with E-state index in [4.69, 9.17) is 14.2 Å². The fourth-order valence-corrected chi connectivity index (χ4v) is 3.05. The predicted octanol–water partition coefficient (Wildman–Crippen LogP) is 2.12. The zero-order valence-corrected chi connectivity index (χ0v) is 18.0. The van der Waals surface area contributed by atoms with Crippen molar-refractivity contribution in [3.05, 3.63) is 58.0 Å². The van der Waals surface area contributed by atoms with E-state index in [2.05, 4.69) is 15.6 Å². The first-order chi connectivity index (χ1) is 15.4. The topological polar surface area (TPSA) is 121 Å². The maximum atomic E-state index is 12.7. The van der Waals surface area contributed by atoms with Crippen molar-refractivity contribution in [2.24, 2.45) is 5.10 Å². The van der Waals surface area contributed by atoms with E-state index in [0.717, 1.165) is 0 Å². The van der Waals surface area contributed by atoms with Crippen LogP contribution in [0.2, 0.25) is 0 Å². The third kappa shape index (κ3) is 4.59. The molecule has 0 aliphatic rings. The minimum absolute atomic E-state index is 0.0829. The maximum absolute atomic E-state index is 12.7. The first-order valence-corrected chi connectivity index (χ1v) is 9.67. The second-order valence-corrected chi connectivity index (χ2v) is 6.56. The molecule has 2 aromatic carbocycles. The molecule has 0 saturated heterocycles. The first kappa shape index (κ1) is 22.5. The molecular formula is C22H22N4O6. The molecule has 0 unspecified atom stereocenters. The van der Waals surface area contributed by atoms with Gasteiger partial charge in [0.1, 0.15) is 0 Å². The summed E-state index contributed by atoms with van der Waals surface area (Å²) in [6.07, 6.45) is 1.37. The number of amides is 1. The Hall–Kier alpha value is -4.21. The highest BCUT2D eigenvalue weighted by molar-refractivity contribution is 6.05. The number of hydrazone groups is 1. The van der Waals surface area contributed by atoms with Crippen LogP contribution < -0.4 is 25.2 Å². The highest BCUT2D eigenvalue weighted by atomic mass is 16.6. The number of nitrogens with zero attached hydrogens (tertiary/aromatic N) is 3. The van der Waals surface area contributed by atoms with Gasteiger partial charge in [0.25, 0.3) is 11.5 Å². The summed E-state index contributed by atoms with van der Waals surface area (Å²) in [5, 5.41) is 8.97. The number of benzene rings is 2. The average Bonchev–Trinajstić information content (AvgIpc) is 2.79. The number of aryl methyl sites for hydroxylation is 1. The molecule has 0 saturated carbocycles. The van der Waals surface area contributed by atoms with Gasteiger partial charge in [-0.2, -0.15) is 10.2 Å². The summed E-state index contributed by atoms with van der Waals surface area (Å²) in [4.78, 5) is 36.5. The Balaban J connectivity index is 1.90. The highest BCUT2D eigenvalue weighted by Gasteiger charge is 2.17. The van der Waals surface area contributed by atoms with Crippen molar-refractivity contribution >= 4 is 28.9 Å². The van der Waals surface area contributed by atoms with E-state index in [-0.39, 0.29) is 28.5 Å². The van der Waals surface area contributed by atoms with Crippen LogP contribution in [0.4, 0.5) is 0 Å². The minimum Gasteiger partial charge on any atom is -0.493 e. The molecule has 3 rings (SSSR count). The van der Waals surface area contributed by atoms with Crippen LogP contribution in [-0.4, -0.2) is 42.1 Å². The number of ether oxygens (including phenoxy) is 3. The third-order valence-electron chi connectivity index (χ3n) is 4.49. The Bertz CT molecular complexity index is 1240. The number of rotatable bonds is 7. The number of methoxy groups -OCH3 is 2. The van der Waals surface area contributed by atoms with Gasteiger partial charge >= 0.3 is 5.97 Å². The second kappa shape index (κ2) is 9.73. The lowest BCUT2D eigenvalue weighted by molar-refractivity contribution is -0.132. The summed E-state index contributed by atoms with van der Waals surface area (Å²) in [6, 6.07) is 9.90. The Labute approximate surface area is 183 Å². The summed E-state index contributed by atoms with van der Waals surface area (Å²) in [5.41, 5.74) is 2.75. The van der Waals surface area contributed by atoms with Gasteiger partial charge in [-0.1, -0.05) is 18.2 Å². The molecule has 1 amide bonds. The van der Waals surface area contributed by atoms with Crippen LogP contribution in [0, 0.1) is 0 Å². The molecule has 1 N–H and O–H groups in total. The molecule has 0 aliphatic heterocycles. The van der Waals surface area contributed by atoms with Gasteiger partial charge in [-0.05, 0) is 25.1 Å². The highest BCUT2D eigenvalue weighted by Crippen LogP contribution is 2.38. The van der Waals surface area contributed by atoms with Gasteiger partial charge in [0.2, 0.25) is 5.75 Å². The standard InChI is InChI=1S/C22H22N4O6/c1-5-26-22(29)16-9-7-6-8-15(16)19(25-26)21(28)24-23-12-14-10-17(30-3)20(32-13(2)27)18(11-14)31-4/h6-12H,5H2,1-4H3,(H,24,28)/b23-12+. The lowest BCUT2D eigenvalue weighted by Crippen LogP contribution is -2.28. The molecule has 0 atom stereocenters. The number of carbonyl (C=O) groups is 2. The number of nitrogens with one attached hydrogen (secondary N) is 1. The quantitative estimate of drug-likeness (QED) is 0.260. The van der Waals surface area contributed by atoms with Gasteiger partial charge < -0.3 is 14.2 Å². The molecule has 0 bridgehead atoms. The zero-order valence-electron chi connectivity index (χ0n) is 18.0. The summed E-state index contributed by atoms with van der Waals surface area (Å²) >= 11 is 0. The van der Waals surface area contributed by atoms with Gasteiger partial charge in [-0.3, -0.25) is 14.4 Å². The van der Waals surface area contributed by atoms with Crippen LogP contribution in [0.15, 0.2) is 46.3 Å². The van der Waals surface area contributed by atoms with Crippen LogP contribution >= 0.6 is 0 Å². The van der Waals surface area contributed by atoms with E-state index in [1.54, 1.807) is 43.3 Å².